The number of rotatable bonds is 4. The van der Waals surface area contributed by atoms with Gasteiger partial charge >= 0.3 is 0 Å². The first kappa shape index (κ1) is 13.7. The molecule has 0 bridgehead atoms. The first-order valence-electron chi connectivity index (χ1n) is 5.36. The molecule has 0 aliphatic carbocycles. The summed E-state index contributed by atoms with van der Waals surface area (Å²) in [6, 6.07) is 5.31. The van der Waals surface area contributed by atoms with Crippen LogP contribution in [0.15, 0.2) is 23.1 Å². The second kappa shape index (κ2) is 5.82. The average molecular weight is 254 g/mol. The normalized spacial score (nSPS) is 12.2. The van der Waals surface area contributed by atoms with Crippen molar-refractivity contribution in [3.05, 3.63) is 23.8 Å². The van der Waals surface area contributed by atoms with E-state index < -0.39 is 10.8 Å². The molecular weight excluding hydrogens is 236 g/mol. The Hall–Kier alpha value is -1.36. The van der Waals surface area contributed by atoms with Gasteiger partial charge in [-0.1, -0.05) is 0 Å². The summed E-state index contributed by atoms with van der Waals surface area (Å²) in [6.07, 6.45) is 0.295. The minimum Gasteiger partial charge on any atom is -0.399 e. The zero-order valence-electron chi connectivity index (χ0n) is 10.4. The van der Waals surface area contributed by atoms with Gasteiger partial charge in [-0.25, -0.2) is 0 Å². The van der Waals surface area contributed by atoms with Crippen LogP contribution in [0.4, 0.5) is 5.69 Å². The van der Waals surface area contributed by atoms with E-state index in [0.29, 0.717) is 17.9 Å². The molecule has 0 radical (unpaired) electrons. The third-order valence-corrected chi connectivity index (χ3v) is 3.86. The lowest BCUT2D eigenvalue weighted by atomic mass is 10.2. The maximum absolute atomic E-state index is 11.9. The fraction of sp³-hybridized carbons (Fsp3) is 0.417. The maximum Gasteiger partial charge on any atom is 0.222 e. The number of benzene rings is 1. The lowest BCUT2D eigenvalue weighted by molar-refractivity contribution is -0.128. The lowest BCUT2D eigenvalue weighted by Gasteiger charge is -2.10. The number of amides is 1. The van der Waals surface area contributed by atoms with E-state index >= 15 is 0 Å². The van der Waals surface area contributed by atoms with Crippen molar-refractivity contribution in [1.82, 2.24) is 4.90 Å². The summed E-state index contributed by atoms with van der Waals surface area (Å²) in [4.78, 5) is 13.6. The molecule has 5 heteroatoms. The second-order valence-corrected chi connectivity index (χ2v) is 5.68. The van der Waals surface area contributed by atoms with E-state index in [4.69, 9.17) is 5.73 Å². The maximum atomic E-state index is 11.9. The van der Waals surface area contributed by atoms with Crippen LogP contribution >= 0.6 is 0 Å². The average Bonchev–Trinajstić information content (AvgIpc) is 2.28. The lowest BCUT2D eigenvalue weighted by Crippen LogP contribution is -2.23. The second-order valence-electron chi connectivity index (χ2n) is 4.11. The summed E-state index contributed by atoms with van der Waals surface area (Å²) in [5, 5.41) is 0. The highest BCUT2D eigenvalue weighted by molar-refractivity contribution is 7.85. The van der Waals surface area contributed by atoms with E-state index in [1.807, 2.05) is 13.0 Å². The summed E-state index contributed by atoms with van der Waals surface area (Å²) in [7, 11) is 2.24. The summed E-state index contributed by atoms with van der Waals surface area (Å²) in [5.74, 6) is 0.339. The molecule has 0 fully saturated rings. The summed E-state index contributed by atoms with van der Waals surface area (Å²) < 4.78 is 11.9. The van der Waals surface area contributed by atoms with E-state index in [1.54, 1.807) is 26.2 Å². The van der Waals surface area contributed by atoms with E-state index in [9.17, 15) is 9.00 Å². The smallest absolute Gasteiger partial charge is 0.222 e. The highest BCUT2D eigenvalue weighted by atomic mass is 32.2. The highest BCUT2D eigenvalue weighted by Crippen LogP contribution is 2.16. The number of hydrogen-bond acceptors (Lipinski definition) is 3. The number of nitrogens with zero attached hydrogens (tertiary/aromatic N) is 1. The number of aryl methyl sites for hydroxylation is 1. The Labute approximate surface area is 104 Å². The molecule has 1 rings (SSSR count). The number of carbonyl (C=O) groups is 1. The van der Waals surface area contributed by atoms with Gasteiger partial charge in [0.15, 0.2) is 0 Å². The van der Waals surface area contributed by atoms with Gasteiger partial charge in [0, 0.05) is 36.9 Å². The van der Waals surface area contributed by atoms with E-state index in [1.165, 1.54) is 4.90 Å². The topological polar surface area (TPSA) is 63.4 Å². The third-order valence-electron chi connectivity index (χ3n) is 2.50. The summed E-state index contributed by atoms with van der Waals surface area (Å²) in [6.45, 7) is 1.88. The van der Waals surface area contributed by atoms with Gasteiger partial charge in [0.25, 0.3) is 0 Å². The molecule has 1 amide bonds. The molecule has 94 valence electrons. The van der Waals surface area contributed by atoms with Crippen molar-refractivity contribution in [1.29, 1.82) is 0 Å². The molecule has 4 nitrogen and oxygen atoms in total. The number of anilines is 1. The number of nitrogen functional groups attached to an aromatic ring is 1. The van der Waals surface area contributed by atoms with Crippen molar-refractivity contribution >= 4 is 22.4 Å². The molecule has 0 saturated heterocycles. The molecule has 0 aliphatic heterocycles. The molecule has 1 aromatic rings. The van der Waals surface area contributed by atoms with Gasteiger partial charge in [-0.2, -0.15) is 0 Å². The molecule has 0 heterocycles. The summed E-state index contributed by atoms with van der Waals surface area (Å²) in [5.41, 5.74) is 7.29. The van der Waals surface area contributed by atoms with Crippen LogP contribution in [0, 0.1) is 6.92 Å². The fourth-order valence-electron chi connectivity index (χ4n) is 1.31. The first-order valence-corrected chi connectivity index (χ1v) is 6.68. The number of carbonyl (C=O) groups excluding carboxylic acids is 1. The van der Waals surface area contributed by atoms with E-state index in [-0.39, 0.29) is 5.91 Å². The minimum absolute atomic E-state index is 0.00878. The fourth-order valence-corrected chi connectivity index (χ4v) is 2.44. The van der Waals surface area contributed by atoms with Crippen LogP contribution in [-0.4, -0.2) is 34.9 Å². The van der Waals surface area contributed by atoms with Gasteiger partial charge < -0.3 is 10.6 Å². The number of nitrogens with two attached hydrogens (primary N) is 1. The molecule has 17 heavy (non-hydrogen) atoms. The van der Waals surface area contributed by atoms with Gasteiger partial charge in [-0.15, -0.1) is 0 Å². The van der Waals surface area contributed by atoms with Gasteiger partial charge in [0.1, 0.15) is 0 Å². The SMILES string of the molecule is Cc1cc(S(=O)CCC(=O)N(C)C)ccc1N. The minimum atomic E-state index is -1.14. The van der Waals surface area contributed by atoms with Gasteiger partial charge in [-0.3, -0.25) is 9.00 Å². The number of hydrogen-bond donors (Lipinski definition) is 1. The van der Waals surface area contributed by atoms with Gasteiger partial charge in [0.05, 0.1) is 10.8 Å². The van der Waals surface area contributed by atoms with E-state index in [0.717, 1.165) is 10.5 Å². The Morgan fingerprint density at radius 3 is 2.59 bits per heavy atom. The predicted molar refractivity (Wildman–Crippen MR) is 70.2 cm³/mol. The van der Waals surface area contributed by atoms with Crippen molar-refractivity contribution < 1.29 is 9.00 Å². The van der Waals surface area contributed by atoms with Gasteiger partial charge in [0.2, 0.25) is 5.91 Å². The molecular formula is C12H18N2O2S. The molecule has 0 aliphatic rings. The molecule has 0 aromatic heterocycles. The van der Waals surface area contributed by atoms with Crippen LogP contribution in [-0.2, 0) is 15.6 Å². The molecule has 1 aromatic carbocycles. The largest absolute Gasteiger partial charge is 0.399 e. The van der Waals surface area contributed by atoms with Crippen LogP contribution in [0.5, 0.6) is 0 Å². The molecule has 0 spiro atoms. The molecule has 1 unspecified atom stereocenters. The van der Waals surface area contributed by atoms with Gasteiger partial charge in [-0.05, 0) is 30.7 Å². The van der Waals surface area contributed by atoms with E-state index in [2.05, 4.69) is 0 Å². The van der Waals surface area contributed by atoms with Crippen LogP contribution in [0.2, 0.25) is 0 Å². The Morgan fingerprint density at radius 2 is 2.06 bits per heavy atom. The quantitative estimate of drug-likeness (QED) is 0.820. The van der Waals surface area contributed by atoms with Crippen molar-refractivity contribution in [3.63, 3.8) is 0 Å². The van der Waals surface area contributed by atoms with Crippen molar-refractivity contribution in [2.75, 3.05) is 25.6 Å². The molecule has 1 atom stereocenters. The summed E-state index contributed by atoms with van der Waals surface area (Å²) >= 11 is 0. The van der Waals surface area contributed by atoms with Crippen LogP contribution in [0.3, 0.4) is 0 Å². The Bertz CT molecular complexity index is 444. The van der Waals surface area contributed by atoms with Crippen molar-refractivity contribution in [2.24, 2.45) is 0 Å². The Kier molecular flexibility index (Phi) is 4.69. The first-order chi connectivity index (χ1) is 7.91. The predicted octanol–water partition coefficient (Wildman–Crippen LogP) is 1.16. The van der Waals surface area contributed by atoms with Crippen molar-refractivity contribution in [3.8, 4) is 0 Å². The van der Waals surface area contributed by atoms with Crippen molar-refractivity contribution in [2.45, 2.75) is 18.2 Å². The Balaban J connectivity index is 2.64. The zero-order chi connectivity index (χ0) is 13.0. The van der Waals surface area contributed by atoms with Crippen LogP contribution < -0.4 is 5.73 Å². The third kappa shape index (κ3) is 3.85. The molecule has 0 saturated carbocycles. The molecule has 2 N–H and O–H groups in total. The Morgan fingerprint density at radius 1 is 1.41 bits per heavy atom. The monoisotopic (exact) mass is 254 g/mol. The van der Waals surface area contributed by atoms with Crippen LogP contribution in [0.25, 0.3) is 0 Å². The highest BCUT2D eigenvalue weighted by Gasteiger charge is 2.09. The standard InChI is InChI=1S/C12H18N2O2S/c1-9-8-10(4-5-11(9)13)17(16)7-6-12(15)14(2)3/h4-5,8H,6-7,13H2,1-3H3. The van der Waals surface area contributed by atoms with Crippen LogP contribution in [0.1, 0.15) is 12.0 Å². The zero-order valence-corrected chi connectivity index (χ0v) is 11.2.